The number of aliphatic imine (C=N–C) groups is 1. The highest BCUT2D eigenvalue weighted by molar-refractivity contribution is 8.13. The first kappa shape index (κ1) is 17.6. The molecule has 0 bridgehead atoms. The molecule has 0 atom stereocenters. The maximum atomic E-state index is 12.1. The molecule has 11 heteroatoms. The topological polar surface area (TPSA) is 101 Å². The standard InChI is InChI=1S/C11H9F3N4O3S/c1-22-10(16-6-15)17-7-2-3-9(8(4-7)18(19)20)21-5-11(12,13)14/h2-4H,5H2,1H3,(H,16,17). The zero-order chi connectivity index (χ0) is 16.8. The van der Waals surface area contributed by atoms with Crippen molar-refractivity contribution in [1.82, 2.24) is 5.32 Å². The fourth-order valence-electron chi connectivity index (χ4n) is 1.29. The number of benzene rings is 1. The summed E-state index contributed by atoms with van der Waals surface area (Å²) in [4.78, 5) is 14.0. The minimum Gasteiger partial charge on any atom is -0.477 e. The highest BCUT2D eigenvalue weighted by Crippen LogP contribution is 2.32. The Bertz CT molecular complexity index is 628. The fourth-order valence-corrected chi connectivity index (χ4v) is 1.63. The molecule has 1 aromatic rings. The first-order valence-electron chi connectivity index (χ1n) is 5.52. The summed E-state index contributed by atoms with van der Waals surface area (Å²) in [6.07, 6.45) is -1.34. The van der Waals surface area contributed by atoms with Gasteiger partial charge in [0.1, 0.15) is 0 Å². The number of amidine groups is 1. The first-order valence-corrected chi connectivity index (χ1v) is 6.75. The number of nitrogens with one attached hydrogen (secondary N) is 1. The summed E-state index contributed by atoms with van der Waals surface area (Å²) in [6, 6.07) is 3.22. The lowest BCUT2D eigenvalue weighted by atomic mass is 10.2. The van der Waals surface area contributed by atoms with Crippen LogP contribution < -0.4 is 10.1 Å². The van der Waals surface area contributed by atoms with Crippen molar-refractivity contribution in [2.24, 2.45) is 4.99 Å². The molecular weight excluding hydrogens is 325 g/mol. The Morgan fingerprint density at radius 3 is 2.77 bits per heavy atom. The Kier molecular flexibility index (Phi) is 6.00. The summed E-state index contributed by atoms with van der Waals surface area (Å²) < 4.78 is 40.7. The van der Waals surface area contributed by atoms with Crippen molar-refractivity contribution in [2.75, 3.05) is 12.9 Å². The average molecular weight is 334 g/mol. The van der Waals surface area contributed by atoms with E-state index in [1.165, 1.54) is 6.07 Å². The van der Waals surface area contributed by atoms with Crippen LogP contribution in [-0.4, -0.2) is 29.1 Å². The number of alkyl halides is 3. The fraction of sp³-hybridized carbons (Fsp3) is 0.273. The van der Waals surface area contributed by atoms with E-state index >= 15 is 0 Å². The molecule has 0 aliphatic carbocycles. The number of hydrogen-bond donors (Lipinski definition) is 1. The van der Waals surface area contributed by atoms with Crippen LogP contribution >= 0.6 is 11.8 Å². The van der Waals surface area contributed by atoms with Crippen molar-refractivity contribution in [3.05, 3.63) is 28.3 Å². The lowest BCUT2D eigenvalue weighted by molar-refractivity contribution is -0.386. The summed E-state index contributed by atoms with van der Waals surface area (Å²) in [5.74, 6) is -0.514. The Balaban J connectivity index is 3.10. The van der Waals surface area contributed by atoms with Gasteiger partial charge in [-0.3, -0.25) is 15.4 Å². The predicted octanol–water partition coefficient (Wildman–Crippen LogP) is 2.96. The highest BCUT2D eigenvalue weighted by Gasteiger charge is 2.30. The third kappa shape index (κ3) is 5.49. The van der Waals surface area contributed by atoms with Crippen LogP contribution in [0, 0.1) is 21.6 Å². The molecule has 0 aliphatic rings. The van der Waals surface area contributed by atoms with E-state index in [4.69, 9.17) is 5.26 Å². The molecular formula is C11H9F3N4O3S. The molecule has 0 saturated carbocycles. The van der Waals surface area contributed by atoms with Gasteiger partial charge in [-0.2, -0.15) is 18.4 Å². The largest absolute Gasteiger partial charge is 0.477 e. The van der Waals surface area contributed by atoms with Crippen LogP contribution in [0.5, 0.6) is 5.75 Å². The third-order valence-corrected chi connectivity index (χ3v) is 2.70. The second-order valence-electron chi connectivity index (χ2n) is 3.67. The maximum absolute atomic E-state index is 12.1. The monoisotopic (exact) mass is 334 g/mol. The van der Waals surface area contributed by atoms with Crippen LogP contribution in [0.25, 0.3) is 0 Å². The number of rotatable bonds is 4. The molecule has 1 N–H and O–H groups in total. The van der Waals surface area contributed by atoms with Gasteiger partial charge in [-0.25, -0.2) is 4.99 Å². The molecule has 1 rings (SSSR count). The number of hydrogen-bond acceptors (Lipinski definition) is 6. The summed E-state index contributed by atoms with van der Waals surface area (Å²) in [6.45, 7) is -1.64. The molecule has 0 fully saturated rings. The van der Waals surface area contributed by atoms with Crippen LogP contribution in [0.3, 0.4) is 0 Å². The molecule has 1 aromatic carbocycles. The highest BCUT2D eigenvalue weighted by atomic mass is 32.2. The number of nitro groups is 1. The van der Waals surface area contributed by atoms with Crippen LogP contribution in [-0.2, 0) is 0 Å². The van der Waals surface area contributed by atoms with Gasteiger partial charge in [0.05, 0.1) is 10.6 Å². The normalized spacial score (nSPS) is 11.7. The zero-order valence-corrected chi connectivity index (χ0v) is 11.9. The second kappa shape index (κ2) is 7.51. The number of ether oxygens (including phenoxy) is 1. The van der Waals surface area contributed by atoms with Gasteiger partial charge in [0, 0.05) is 6.07 Å². The van der Waals surface area contributed by atoms with Gasteiger partial charge in [0.2, 0.25) is 0 Å². The van der Waals surface area contributed by atoms with Gasteiger partial charge in [-0.1, -0.05) is 11.8 Å². The van der Waals surface area contributed by atoms with Crippen LogP contribution in [0.2, 0.25) is 0 Å². The van der Waals surface area contributed by atoms with E-state index < -0.39 is 29.1 Å². The van der Waals surface area contributed by atoms with Gasteiger partial charge in [-0.15, -0.1) is 0 Å². The minimum absolute atomic E-state index is 0.0955. The number of thioether (sulfide) groups is 1. The SMILES string of the molecule is CSC(=Nc1ccc(OCC(F)(F)F)c([N+](=O)[O-])c1)NC#N. The van der Waals surface area contributed by atoms with Gasteiger partial charge in [0.25, 0.3) is 0 Å². The third-order valence-electron chi connectivity index (χ3n) is 2.12. The Morgan fingerprint density at radius 1 is 1.59 bits per heavy atom. The molecule has 0 unspecified atom stereocenters. The lowest BCUT2D eigenvalue weighted by Gasteiger charge is -2.09. The van der Waals surface area contributed by atoms with Crippen LogP contribution in [0.1, 0.15) is 0 Å². The minimum atomic E-state index is -4.60. The van der Waals surface area contributed by atoms with Gasteiger partial charge in [0.15, 0.2) is 23.7 Å². The van der Waals surface area contributed by atoms with Crippen LogP contribution in [0.15, 0.2) is 23.2 Å². The van der Waals surface area contributed by atoms with E-state index in [1.54, 1.807) is 12.4 Å². The van der Waals surface area contributed by atoms with Gasteiger partial charge < -0.3 is 4.74 Å². The van der Waals surface area contributed by atoms with E-state index in [0.717, 1.165) is 23.9 Å². The molecule has 118 valence electrons. The van der Waals surface area contributed by atoms with E-state index in [9.17, 15) is 23.3 Å². The summed E-state index contributed by atoms with van der Waals surface area (Å²) in [7, 11) is 0. The van der Waals surface area contributed by atoms with Crippen molar-refractivity contribution in [3.63, 3.8) is 0 Å². The number of nitriles is 1. The first-order chi connectivity index (χ1) is 10.3. The molecule has 22 heavy (non-hydrogen) atoms. The number of nitro benzene ring substituents is 1. The smallest absolute Gasteiger partial charge is 0.422 e. The molecule has 7 nitrogen and oxygen atoms in total. The molecule has 0 aromatic heterocycles. The van der Waals surface area contributed by atoms with Crippen molar-refractivity contribution < 1.29 is 22.8 Å². The quantitative estimate of drug-likeness (QED) is 0.227. The molecule has 0 amide bonds. The molecule has 0 spiro atoms. The lowest BCUT2D eigenvalue weighted by Crippen LogP contribution is -2.19. The van der Waals surface area contributed by atoms with Gasteiger partial charge in [-0.05, 0) is 18.4 Å². The Labute approximate surface area is 126 Å². The predicted molar refractivity (Wildman–Crippen MR) is 74.0 cm³/mol. The maximum Gasteiger partial charge on any atom is 0.422 e. The Morgan fingerprint density at radius 2 is 2.27 bits per heavy atom. The molecule has 0 saturated heterocycles. The second-order valence-corrected chi connectivity index (χ2v) is 4.47. The summed E-state index contributed by atoms with van der Waals surface area (Å²) in [5, 5.41) is 21.8. The molecule has 0 aliphatic heterocycles. The summed E-state index contributed by atoms with van der Waals surface area (Å²) in [5.41, 5.74) is -0.555. The summed E-state index contributed by atoms with van der Waals surface area (Å²) >= 11 is 1.09. The zero-order valence-electron chi connectivity index (χ0n) is 11.0. The van der Waals surface area contributed by atoms with E-state index in [2.05, 4.69) is 15.0 Å². The van der Waals surface area contributed by atoms with Gasteiger partial charge >= 0.3 is 11.9 Å². The van der Waals surface area contributed by atoms with E-state index in [0.29, 0.717) is 0 Å². The van der Waals surface area contributed by atoms with E-state index in [-0.39, 0.29) is 10.9 Å². The average Bonchev–Trinajstić information content (AvgIpc) is 2.44. The van der Waals surface area contributed by atoms with Crippen molar-refractivity contribution in [2.45, 2.75) is 6.18 Å². The molecule has 0 heterocycles. The van der Waals surface area contributed by atoms with Crippen molar-refractivity contribution in [3.8, 4) is 11.9 Å². The molecule has 0 radical (unpaired) electrons. The van der Waals surface area contributed by atoms with Crippen LogP contribution in [0.4, 0.5) is 24.5 Å². The van der Waals surface area contributed by atoms with E-state index in [1.807, 2.05) is 0 Å². The Hall–Kier alpha value is -2.48. The number of nitrogens with zero attached hydrogens (tertiary/aromatic N) is 3. The van der Waals surface area contributed by atoms with Crippen molar-refractivity contribution in [1.29, 1.82) is 5.26 Å². The van der Waals surface area contributed by atoms with Crippen molar-refractivity contribution >= 4 is 28.3 Å². The number of halogens is 3.